The van der Waals surface area contributed by atoms with Crippen molar-refractivity contribution in [1.82, 2.24) is 0 Å². The van der Waals surface area contributed by atoms with Gasteiger partial charge in [-0.2, -0.15) is 0 Å². The highest BCUT2D eigenvalue weighted by molar-refractivity contribution is 5.88. The molecule has 140 valence electrons. The van der Waals surface area contributed by atoms with Gasteiger partial charge in [0.05, 0.1) is 0 Å². The van der Waals surface area contributed by atoms with Crippen LogP contribution in [-0.4, -0.2) is 5.91 Å². The Bertz CT molecular complexity index is 537. The van der Waals surface area contributed by atoms with E-state index in [2.05, 4.69) is 32.7 Å². The average molecular weight is 346 g/mol. The number of nitrogen functional groups attached to an aromatic ring is 1. The van der Waals surface area contributed by atoms with Gasteiger partial charge in [-0.15, -0.1) is 0 Å². The maximum absolute atomic E-state index is 10.6. The van der Waals surface area contributed by atoms with Crippen molar-refractivity contribution in [3.63, 3.8) is 0 Å². The van der Waals surface area contributed by atoms with Gasteiger partial charge in [-0.25, -0.2) is 0 Å². The summed E-state index contributed by atoms with van der Waals surface area (Å²) < 4.78 is 0. The number of hydrogen-bond donors (Lipinski definition) is 3. The molecule has 0 aromatic heterocycles. The molecule has 0 heterocycles. The molecule has 0 bridgehead atoms. The minimum Gasteiger partial charge on any atom is -0.402 e. The number of allylic oxidation sites excluding steroid dienone is 5. The predicted octanol–water partition coefficient (Wildman–Crippen LogP) is 5.40. The van der Waals surface area contributed by atoms with Gasteiger partial charge in [-0.3, -0.25) is 4.79 Å². The molecule has 1 aromatic carbocycles. The standard InChI is InChI=1S/C9H15N.C8H10N2O.C4H10/c1-4-9(5-2)7-6-8(3)10;1-6(11)10-8-4-2-7(9)3-5-8;1-3-4-2/h4,6-7H,1,5,10H2,2-3H3;2-5H,9H2,1H3,(H,10,11);3-4H2,1-2H3/b8-6+,9-7+;;. The van der Waals surface area contributed by atoms with Crippen molar-refractivity contribution >= 4 is 17.3 Å². The third kappa shape index (κ3) is 17.7. The van der Waals surface area contributed by atoms with Gasteiger partial charge in [0.15, 0.2) is 0 Å². The van der Waals surface area contributed by atoms with Crippen molar-refractivity contribution < 1.29 is 4.79 Å². The second-order valence-corrected chi connectivity index (χ2v) is 5.51. The minimum absolute atomic E-state index is 0.0743. The Morgan fingerprint density at radius 2 is 1.60 bits per heavy atom. The number of nitrogens with two attached hydrogens (primary N) is 2. The molecule has 5 N–H and O–H groups in total. The summed E-state index contributed by atoms with van der Waals surface area (Å²) in [5, 5.41) is 2.64. The van der Waals surface area contributed by atoms with Gasteiger partial charge in [0.25, 0.3) is 0 Å². The zero-order chi connectivity index (χ0) is 19.7. The van der Waals surface area contributed by atoms with Crippen LogP contribution in [0.15, 0.2) is 60.3 Å². The van der Waals surface area contributed by atoms with Crippen LogP contribution in [0.2, 0.25) is 0 Å². The molecule has 4 heteroatoms. The number of unbranched alkanes of at least 4 members (excludes halogenated alkanes) is 1. The van der Waals surface area contributed by atoms with E-state index >= 15 is 0 Å². The monoisotopic (exact) mass is 345 g/mol. The summed E-state index contributed by atoms with van der Waals surface area (Å²) in [5.41, 5.74) is 14.4. The third-order valence-corrected chi connectivity index (χ3v) is 2.96. The Balaban J connectivity index is 0. The SMILES string of the molecule is C=C/C(=C\C=C(/C)N)CC.CC(=O)Nc1ccc(N)cc1.CCCC. The van der Waals surface area contributed by atoms with Crippen LogP contribution in [0.3, 0.4) is 0 Å². The largest absolute Gasteiger partial charge is 0.402 e. The molecule has 1 amide bonds. The molecule has 0 saturated carbocycles. The molecule has 1 aromatic rings. The van der Waals surface area contributed by atoms with Crippen molar-refractivity contribution in [2.24, 2.45) is 5.73 Å². The van der Waals surface area contributed by atoms with E-state index in [1.807, 2.05) is 25.2 Å². The summed E-state index contributed by atoms with van der Waals surface area (Å²) in [6.07, 6.45) is 9.37. The zero-order valence-electron chi connectivity index (χ0n) is 16.4. The molecule has 0 aliphatic heterocycles. The van der Waals surface area contributed by atoms with Crippen molar-refractivity contribution in [1.29, 1.82) is 0 Å². The molecule has 25 heavy (non-hydrogen) atoms. The number of benzene rings is 1. The van der Waals surface area contributed by atoms with Gasteiger partial charge in [0.1, 0.15) is 0 Å². The predicted molar refractivity (Wildman–Crippen MR) is 112 cm³/mol. The van der Waals surface area contributed by atoms with E-state index < -0.39 is 0 Å². The number of carbonyl (C=O) groups is 1. The number of anilines is 2. The van der Waals surface area contributed by atoms with Crippen molar-refractivity contribution in [3.8, 4) is 0 Å². The summed E-state index contributed by atoms with van der Waals surface area (Å²) in [5.74, 6) is -0.0743. The number of amides is 1. The summed E-state index contributed by atoms with van der Waals surface area (Å²) in [4.78, 5) is 10.6. The Morgan fingerprint density at radius 1 is 1.08 bits per heavy atom. The van der Waals surface area contributed by atoms with Crippen molar-refractivity contribution in [2.45, 2.75) is 53.9 Å². The topological polar surface area (TPSA) is 81.1 Å². The molecule has 0 unspecified atom stereocenters. The van der Waals surface area contributed by atoms with Gasteiger partial charge >= 0.3 is 0 Å². The first-order chi connectivity index (χ1) is 11.8. The molecule has 0 spiro atoms. The van der Waals surface area contributed by atoms with E-state index in [1.54, 1.807) is 24.3 Å². The Morgan fingerprint density at radius 3 is 1.92 bits per heavy atom. The number of hydrogen-bond acceptors (Lipinski definition) is 3. The van der Waals surface area contributed by atoms with E-state index in [0.717, 1.165) is 17.8 Å². The van der Waals surface area contributed by atoms with E-state index in [9.17, 15) is 4.79 Å². The van der Waals surface area contributed by atoms with Gasteiger partial charge in [-0.1, -0.05) is 52.3 Å². The van der Waals surface area contributed by atoms with Crippen LogP contribution in [0, 0.1) is 0 Å². The minimum atomic E-state index is -0.0743. The first-order valence-corrected chi connectivity index (χ1v) is 8.69. The summed E-state index contributed by atoms with van der Waals surface area (Å²) in [7, 11) is 0. The number of rotatable bonds is 5. The lowest BCUT2D eigenvalue weighted by atomic mass is 10.2. The molecule has 0 atom stereocenters. The Kier molecular flexibility index (Phi) is 16.2. The van der Waals surface area contributed by atoms with Crippen LogP contribution in [0.4, 0.5) is 11.4 Å². The first-order valence-electron chi connectivity index (χ1n) is 8.69. The maximum Gasteiger partial charge on any atom is 0.221 e. The lowest BCUT2D eigenvalue weighted by Crippen LogP contribution is -2.05. The maximum atomic E-state index is 10.6. The van der Waals surface area contributed by atoms with E-state index in [0.29, 0.717) is 5.69 Å². The third-order valence-electron chi connectivity index (χ3n) is 2.96. The van der Waals surface area contributed by atoms with Crippen molar-refractivity contribution in [2.75, 3.05) is 11.1 Å². The quantitative estimate of drug-likeness (QED) is 0.493. The number of carbonyl (C=O) groups excluding carboxylic acids is 1. The first kappa shape index (κ1) is 24.8. The molecule has 4 nitrogen and oxygen atoms in total. The summed E-state index contributed by atoms with van der Waals surface area (Å²) >= 11 is 0. The highest BCUT2D eigenvalue weighted by Crippen LogP contribution is 2.09. The van der Waals surface area contributed by atoms with E-state index in [4.69, 9.17) is 11.5 Å². The van der Waals surface area contributed by atoms with E-state index in [1.165, 1.54) is 25.3 Å². The van der Waals surface area contributed by atoms with Crippen LogP contribution < -0.4 is 16.8 Å². The van der Waals surface area contributed by atoms with Crippen LogP contribution in [0.1, 0.15) is 53.9 Å². The zero-order valence-corrected chi connectivity index (χ0v) is 16.4. The molecular formula is C21H35N3O. The van der Waals surface area contributed by atoms with Crippen LogP contribution in [-0.2, 0) is 4.79 Å². The number of nitrogens with one attached hydrogen (secondary N) is 1. The average Bonchev–Trinajstić information content (AvgIpc) is 2.58. The second kappa shape index (κ2) is 16.4. The van der Waals surface area contributed by atoms with Gasteiger partial charge in [-0.05, 0) is 49.3 Å². The van der Waals surface area contributed by atoms with Crippen LogP contribution >= 0.6 is 0 Å². The van der Waals surface area contributed by atoms with Crippen LogP contribution in [0.5, 0.6) is 0 Å². The molecule has 0 aliphatic carbocycles. The fourth-order valence-corrected chi connectivity index (χ4v) is 1.34. The molecule has 0 fully saturated rings. The highest BCUT2D eigenvalue weighted by atomic mass is 16.1. The molecular weight excluding hydrogens is 310 g/mol. The Labute approximate surface area is 153 Å². The van der Waals surface area contributed by atoms with Gasteiger partial charge in [0.2, 0.25) is 5.91 Å². The normalized spacial score (nSPS) is 10.6. The fraction of sp³-hybridized carbons (Fsp3) is 0.381. The molecule has 0 saturated heterocycles. The molecule has 1 rings (SSSR count). The Hall–Kier alpha value is -2.49. The summed E-state index contributed by atoms with van der Waals surface area (Å²) in [6, 6.07) is 7.00. The van der Waals surface area contributed by atoms with Gasteiger partial charge in [0, 0.05) is 24.0 Å². The fourth-order valence-electron chi connectivity index (χ4n) is 1.34. The lowest BCUT2D eigenvalue weighted by Gasteiger charge is -2.00. The van der Waals surface area contributed by atoms with Crippen molar-refractivity contribution in [3.05, 3.63) is 60.3 Å². The highest BCUT2D eigenvalue weighted by Gasteiger charge is 1.92. The van der Waals surface area contributed by atoms with Crippen LogP contribution in [0.25, 0.3) is 0 Å². The summed E-state index contributed by atoms with van der Waals surface area (Å²) in [6.45, 7) is 13.5. The second-order valence-electron chi connectivity index (χ2n) is 5.51. The molecule has 0 aliphatic rings. The lowest BCUT2D eigenvalue weighted by molar-refractivity contribution is -0.114. The smallest absolute Gasteiger partial charge is 0.221 e. The molecule has 0 radical (unpaired) electrons. The van der Waals surface area contributed by atoms with Gasteiger partial charge < -0.3 is 16.8 Å². The van der Waals surface area contributed by atoms with E-state index in [-0.39, 0.29) is 5.91 Å².